The molecule has 0 unspecified atom stereocenters. The highest BCUT2D eigenvalue weighted by Crippen LogP contribution is 2.38. The van der Waals surface area contributed by atoms with Crippen molar-refractivity contribution in [1.29, 1.82) is 0 Å². The quantitative estimate of drug-likeness (QED) is 0.672. The van der Waals surface area contributed by atoms with Gasteiger partial charge in [-0.25, -0.2) is 0 Å². The summed E-state index contributed by atoms with van der Waals surface area (Å²) in [5, 5.41) is 11.6. The average molecular weight is 240 g/mol. The number of amides is 1. The number of hydrogen-bond acceptors (Lipinski definition) is 3. The van der Waals surface area contributed by atoms with Gasteiger partial charge in [0.05, 0.1) is 11.8 Å². The Labute approximate surface area is 101 Å². The van der Waals surface area contributed by atoms with Gasteiger partial charge in [-0.15, -0.1) is 0 Å². The normalized spacial score (nSPS) is 26.9. The van der Waals surface area contributed by atoms with Crippen LogP contribution in [0.2, 0.25) is 0 Å². The van der Waals surface area contributed by atoms with E-state index in [2.05, 4.69) is 17.1 Å². The van der Waals surface area contributed by atoms with Crippen LogP contribution in [0.3, 0.4) is 0 Å². The lowest BCUT2D eigenvalue weighted by atomic mass is 10.3. The third kappa shape index (κ3) is 3.19. The highest BCUT2D eigenvalue weighted by Gasteiger charge is 2.48. The van der Waals surface area contributed by atoms with Crippen LogP contribution in [0.1, 0.15) is 26.2 Å². The molecular weight excluding hydrogens is 220 g/mol. The van der Waals surface area contributed by atoms with E-state index in [1.807, 2.05) is 0 Å². The number of carbonyl (C=O) groups excluding carboxylic acids is 1. The molecule has 0 heterocycles. The molecule has 5 nitrogen and oxygen atoms in total. The van der Waals surface area contributed by atoms with Crippen molar-refractivity contribution in [1.82, 2.24) is 10.2 Å². The van der Waals surface area contributed by atoms with E-state index in [-0.39, 0.29) is 11.8 Å². The molecule has 0 aromatic carbocycles. The highest BCUT2D eigenvalue weighted by atomic mass is 16.4. The maximum atomic E-state index is 11.6. The number of nitrogens with zero attached hydrogens (tertiary/aromatic N) is 1. The standard InChI is InChI=1S/C12H20N2O3/c1-2-14(8-3-4-8)6-5-13-11(15)9-7-10(9)12(16)17/h8-10H,2-7H2,1H3,(H,13,15)(H,16,17)/t9-,10+/m1/s1. The molecule has 0 radical (unpaired) electrons. The average Bonchev–Trinajstić information content (AvgIpc) is 3.17. The minimum atomic E-state index is -0.849. The summed E-state index contributed by atoms with van der Waals surface area (Å²) < 4.78 is 0. The van der Waals surface area contributed by atoms with Gasteiger partial charge in [0.2, 0.25) is 5.91 Å². The SMILES string of the molecule is CCN(CCNC(=O)[C@@H]1C[C@@H]1C(=O)O)C1CC1. The molecule has 2 saturated carbocycles. The number of carboxylic acids is 1. The number of nitrogens with one attached hydrogen (secondary N) is 1. The van der Waals surface area contributed by atoms with Gasteiger partial charge < -0.3 is 10.4 Å². The number of rotatable bonds is 7. The molecule has 2 fully saturated rings. The number of carbonyl (C=O) groups is 2. The third-order valence-electron chi connectivity index (χ3n) is 3.61. The Hall–Kier alpha value is -1.10. The van der Waals surface area contributed by atoms with Crippen LogP contribution in [-0.4, -0.2) is 47.6 Å². The monoisotopic (exact) mass is 240 g/mol. The summed E-state index contributed by atoms with van der Waals surface area (Å²) in [6.07, 6.45) is 3.04. The summed E-state index contributed by atoms with van der Waals surface area (Å²) in [5.41, 5.74) is 0. The summed E-state index contributed by atoms with van der Waals surface area (Å²) in [5.74, 6) is -1.67. The van der Waals surface area contributed by atoms with E-state index >= 15 is 0 Å². The van der Waals surface area contributed by atoms with E-state index < -0.39 is 11.9 Å². The molecule has 5 heteroatoms. The van der Waals surface area contributed by atoms with Crippen LogP contribution in [0.15, 0.2) is 0 Å². The molecule has 96 valence electrons. The molecule has 0 bridgehead atoms. The van der Waals surface area contributed by atoms with E-state index in [1.165, 1.54) is 12.8 Å². The van der Waals surface area contributed by atoms with Gasteiger partial charge in [0.15, 0.2) is 0 Å². The largest absolute Gasteiger partial charge is 0.481 e. The second-order valence-corrected chi connectivity index (χ2v) is 4.94. The van der Waals surface area contributed by atoms with E-state index in [0.29, 0.717) is 19.0 Å². The molecule has 17 heavy (non-hydrogen) atoms. The summed E-state index contributed by atoms with van der Waals surface area (Å²) >= 11 is 0. The Bertz CT molecular complexity index is 315. The smallest absolute Gasteiger partial charge is 0.307 e. The van der Waals surface area contributed by atoms with E-state index in [1.54, 1.807) is 0 Å². The first-order valence-corrected chi connectivity index (χ1v) is 6.38. The van der Waals surface area contributed by atoms with Crippen molar-refractivity contribution in [3.05, 3.63) is 0 Å². The molecule has 2 rings (SSSR count). The fraction of sp³-hybridized carbons (Fsp3) is 0.833. The van der Waals surface area contributed by atoms with Crippen LogP contribution >= 0.6 is 0 Å². The lowest BCUT2D eigenvalue weighted by molar-refractivity contribution is -0.140. The van der Waals surface area contributed by atoms with Crippen molar-refractivity contribution in [2.45, 2.75) is 32.2 Å². The van der Waals surface area contributed by atoms with E-state index in [9.17, 15) is 9.59 Å². The van der Waals surface area contributed by atoms with Crippen LogP contribution in [0, 0.1) is 11.8 Å². The predicted octanol–water partition coefficient (Wildman–Crippen LogP) is 0.308. The minimum absolute atomic E-state index is 0.0933. The van der Waals surface area contributed by atoms with Gasteiger partial charge in [-0.05, 0) is 25.8 Å². The van der Waals surface area contributed by atoms with Crippen LogP contribution in [0.4, 0.5) is 0 Å². The molecule has 0 aromatic rings. The van der Waals surface area contributed by atoms with E-state index in [4.69, 9.17) is 5.11 Å². The fourth-order valence-corrected chi connectivity index (χ4v) is 2.25. The van der Waals surface area contributed by atoms with Gasteiger partial charge in [0.1, 0.15) is 0 Å². The van der Waals surface area contributed by atoms with Crippen molar-refractivity contribution in [3.8, 4) is 0 Å². The molecule has 1 amide bonds. The molecular formula is C12H20N2O3. The number of hydrogen-bond donors (Lipinski definition) is 2. The number of carboxylic acid groups (broad SMARTS) is 1. The van der Waals surface area contributed by atoms with Crippen molar-refractivity contribution in [2.75, 3.05) is 19.6 Å². The second kappa shape index (κ2) is 5.04. The highest BCUT2D eigenvalue weighted by molar-refractivity contribution is 5.89. The zero-order valence-electron chi connectivity index (χ0n) is 10.2. The predicted molar refractivity (Wildman–Crippen MR) is 62.5 cm³/mol. The van der Waals surface area contributed by atoms with Gasteiger partial charge in [-0.2, -0.15) is 0 Å². The minimum Gasteiger partial charge on any atom is -0.481 e. The van der Waals surface area contributed by atoms with Gasteiger partial charge >= 0.3 is 5.97 Å². The molecule has 0 aliphatic heterocycles. The molecule has 0 spiro atoms. The van der Waals surface area contributed by atoms with Crippen LogP contribution in [0.5, 0.6) is 0 Å². The first-order valence-electron chi connectivity index (χ1n) is 6.38. The van der Waals surface area contributed by atoms with Crippen molar-refractivity contribution in [3.63, 3.8) is 0 Å². The Morgan fingerprint density at radius 2 is 2.06 bits per heavy atom. The van der Waals surface area contributed by atoms with Crippen LogP contribution in [-0.2, 0) is 9.59 Å². The second-order valence-electron chi connectivity index (χ2n) is 4.94. The van der Waals surface area contributed by atoms with Gasteiger partial charge in [0, 0.05) is 19.1 Å². The summed E-state index contributed by atoms with van der Waals surface area (Å²) in [6, 6.07) is 0.713. The van der Waals surface area contributed by atoms with Crippen molar-refractivity contribution in [2.24, 2.45) is 11.8 Å². The Morgan fingerprint density at radius 3 is 2.53 bits per heavy atom. The van der Waals surface area contributed by atoms with E-state index in [0.717, 1.165) is 13.1 Å². The zero-order chi connectivity index (χ0) is 12.4. The van der Waals surface area contributed by atoms with Gasteiger partial charge in [-0.1, -0.05) is 6.92 Å². The molecule has 2 aliphatic rings. The first kappa shape index (κ1) is 12.4. The number of likely N-dealkylation sites (N-methyl/N-ethyl adjacent to an activating group) is 1. The lowest BCUT2D eigenvalue weighted by Gasteiger charge is -2.19. The maximum Gasteiger partial charge on any atom is 0.307 e. The summed E-state index contributed by atoms with van der Waals surface area (Å²) in [4.78, 5) is 24.6. The fourth-order valence-electron chi connectivity index (χ4n) is 2.25. The van der Waals surface area contributed by atoms with Crippen molar-refractivity contribution < 1.29 is 14.7 Å². The Kier molecular flexibility index (Phi) is 3.66. The summed E-state index contributed by atoms with van der Waals surface area (Å²) in [7, 11) is 0. The Morgan fingerprint density at radius 1 is 1.35 bits per heavy atom. The third-order valence-corrected chi connectivity index (χ3v) is 3.61. The lowest BCUT2D eigenvalue weighted by Crippen LogP contribution is -2.37. The van der Waals surface area contributed by atoms with Gasteiger partial charge in [0.25, 0.3) is 0 Å². The molecule has 0 aromatic heterocycles. The van der Waals surface area contributed by atoms with Crippen molar-refractivity contribution >= 4 is 11.9 Å². The first-order chi connectivity index (χ1) is 8.13. The summed E-state index contributed by atoms with van der Waals surface area (Å²) in [6.45, 7) is 4.65. The number of aliphatic carboxylic acids is 1. The van der Waals surface area contributed by atoms with Crippen LogP contribution in [0.25, 0.3) is 0 Å². The maximum absolute atomic E-state index is 11.6. The topological polar surface area (TPSA) is 69.6 Å². The molecule has 2 aliphatic carbocycles. The molecule has 2 N–H and O–H groups in total. The zero-order valence-corrected chi connectivity index (χ0v) is 10.2. The molecule has 0 saturated heterocycles. The Balaban J connectivity index is 1.62. The van der Waals surface area contributed by atoms with Gasteiger partial charge in [-0.3, -0.25) is 14.5 Å². The van der Waals surface area contributed by atoms with Crippen LogP contribution < -0.4 is 5.32 Å². The molecule has 2 atom stereocenters.